The summed E-state index contributed by atoms with van der Waals surface area (Å²) >= 11 is 0. The second-order valence-corrected chi connectivity index (χ2v) is 3.39. The van der Waals surface area contributed by atoms with Crippen LogP contribution < -0.4 is 0 Å². The minimum atomic E-state index is -0.310. The molecule has 0 aromatic carbocycles. The van der Waals surface area contributed by atoms with Gasteiger partial charge in [0.25, 0.3) is 5.91 Å². The summed E-state index contributed by atoms with van der Waals surface area (Å²) in [5, 5.41) is 0. The fourth-order valence-electron chi connectivity index (χ4n) is 1.43. The number of nitrogens with zero attached hydrogens (tertiary/aromatic N) is 2. The van der Waals surface area contributed by atoms with Gasteiger partial charge in [-0.1, -0.05) is 6.07 Å². The summed E-state index contributed by atoms with van der Waals surface area (Å²) in [4.78, 5) is 28.3. The van der Waals surface area contributed by atoms with Gasteiger partial charge in [0.1, 0.15) is 0 Å². The van der Waals surface area contributed by atoms with Crippen molar-refractivity contribution in [3.63, 3.8) is 0 Å². The Balaban J connectivity index is 2.96. The molecule has 0 saturated heterocycles. The maximum atomic E-state index is 11.9. The summed E-state index contributed by atoms with van der Waals surface area (Å²) in [5.41, 5.74) is 0.582. The van der Waals surface area contributed by atoms with Gasteiger partial charge in [0.05, 0.1) is 11.3 Å². The molecule has 0 aliphatic carbocycles. The van der Waals surface area contributed by atoms with Crippen LogP contribution in [-0.4, -0.2) is 35.2 Å². The first kappa shape index (κ1) is 13.1. The predicted molar refractivity (Wildman–Crippen MR) is 65.8 cm³/mol. The van der Waals surface area contributed by atoms with Crippen molar-refractivity contribution in [1.82, 2.24) is 9.88 Å². The highest BCUT2D eigenvalue weighted by molar-refractivity contribution is 6.14. The Morgan fingerprint density at radius 1 is 1.41 bits per heavy atom. The van der Waals surface area contributed by atoms with Gasteiger partial charge in [-0.25, -0.2) is 0 Å². The smallest absolute Gasteiger partial charge is 0.258 e. The van der Waals surface area contributed by atoms with Crippen LogP contribution in [0.25, 0.3) is 6.08 Å². The number of pyridine rings is 1. The lowest BCUT2D eigenvalue weighted by Gasteiger charge is -2.17. The zero-order valence-corrected chi connectivity index (χ0v) is 10.0. The molecule has 0 saturated carbocycles. The van der Waals surface area contributed by atoms with Gasteiger partial charge >= 0.3 is 0 Å². The van der Waals surface area contributed by atoms with Crippen LogP contribution in [0.3, 0.4) is 0 Å². The summed E-state index contributed by atoms with van der Waals surface area (Å²) in [7, 11) is 0. The van der Waals surface area contributed by atoms with Crippen LogP contribution in [0.2, 0.25) is 0 Å². The van der Waals surface area contributed by atoms with Crippen LogP contribution in [0, 0.1) is 0 Å². The second kappa shape index (κ2) is 6.58. The van der Waals surface area contributed by atoms with E-state index in [1.54, 1.807) is 35.6 Å². The molecule has 0 unspecified atom stereocenters. The fourth-order valence-corrected chi connectivity index (χ4v) is 1.43. The van der Waals surface area contributed by atoms with Crippen LogP contribution >= 0.6 is 0 Å². The maximum absolute atomic E-state index is 11.9. The van der Waals surface area contributed by atoms with E-state index in [0.29, 0.717) is 18.8 Å². The zero-order chi connectivity index (χ0) is 12.7. The molecule has 0 aliphatic rings. The number of carbonyl (C=O) groups is 1. The molecule has 1 rings (SSSR count). The van der Waals surface area contributed by atoms with Crippen LogP contribution in [-0.2, 0) is 9.59 Å². The van der Waals surface area contributed by atoms with Crippen molar-refractivity contribution in [3.05, 3.63) is 35.7 Å². The monoisotopic (exact) mass is 231 g/mol. The lowest BCUT2D eigenvalue weighted by atomic mass is 10.2. The first-order valence-electron chi connectivity index (χ1n) is 5.53. The first-order chi connectivity index (χ1) is 8.22. The lowest BCUT2D eigenvalue weighted by molar-refractivity contribution is -0.126. The van der Waals surface area contributed by atoms with E-state index in [4.69, 9.17) is 0 Å². The van der Waals surface area contributed by atoms with Gasteiger partial charge in [0.2, 0.25) is 6.29 Å². The SMILES string of the molecule is CCN(CC)C(=O)/C([C]=O)=C/c1ccccn1. The molecule has 0 atom stereocenters. The van der Waals surface area contributed by atoms with Crippen molar-refractivity contribution in [1.29, 1.82) is 0 Å². The molecule has 0 fully saturated rings. The molecule has 4 nitrogen and oxygen atoms in total. The maximum Gasteiger partial charge on any atom is 0.258 e. The minimum absolute atomic E-state index is 0.00685. The van der Waals surface area contributed by atoms with E-state index in [-0.39, 0.29) is 11.5 Å². The summed E-state index contributed by atoms with van der Waals surface area (Å²) in [6, 6.07) is 5.30. The highest BCUT2D eigenvalue weighted by atomic mass is 16.2. The van der Waals surface area contributed by atoms with E-state index in [0.717, 1.165) is 0 Å². The van der Waals surface area contributed by atoms with Gasteiger partial charge in [-0.15, -0.1) is 0 Å². The topological polar surface area (TPSA) is 50.3 Å². The third kappa shape index (κ3) is 3.52. The van der Waals surface area contributed by atoms with Crippen LogP contribution in [0.1, 0.15) is 19.5 Å². The molecule has 0 spiro atoms. The number of rotatable bonds is 5. The number of likely N-dealkylation sites (N-methyl/N-ethyl adjacent to an activating group) is 1. The summed E-state index contributed by atoms with van der Waals surface area (Å²) in [6.45, 7) is 4.86. The third-order valence-corrected chi connectivity index (χ3v) is 2.37. The highest BCUT2D eigenvalue weighted by Crippen LogP contribution is 2.05. The molecule has 0 N–H and O–H groups in total. The Morgan fingerprint density at radius 3 is 2.59 bits per heavy atom. The van der Waals surface area contributed by atoms with E-state index in [2.05, 4.69) is 4.98 Å². The van der Waals surface area contributed by atoms with Crippen LogP contribution in [0.15, 0.2) is 30.0 Å². The van der Waals surface area contributed by atoms with Crippen LogP contribution in [0.4, 0.5) is 0 Å². The number of carbonyl (C=O) groups excluding carboxylic acids is 2. The van der Waals surface area contributed by atoms with Gasteiger partial charge < -0.3 is 4.90 Å². The van der Waals surface area contributed by atoms with Crippen molar-refractivity contribution >= 4 is 18.3 Å². The normalized spacial score (nSPS) is 11.1. The Morgan fingerprint density at radius 2 is 2.12 bits per heavy atom. The Bertz CT molecular complexity index is 409. The van der Waals surface area contributed by atoms with E-state index >= 15 is 0 Å². The van der Waals surface area contributed by atoms with Gasteiger partial charge in [-0.05, 0) is 32.1 Å². The molecule has 1 amide bonds. The van der Waals surface area contributed by atoms with Crippen molar-refractivity contribution < 1.29 is 9.59 Å². The van der Waals surface area contributed by atoms with Gasteiger partial charge in [0.15, 0.2) is 0 Å². The van der Waals surface area contributed by atoms with Crippen molar-refractivity contribution in [2.75, 3.05) is 13.1 Å². The zero-order valence-electron chi connectivity index (χ0n) is 10.0. The molecule has 17 heavy (non-hydrogen) atoms. The number of hydrogen-bond acceptors (Lipinski definition) is 3. The Kier molecular flexibility index (Phi) is 5.07. The minimum Gasteiger partial charge on any atom is -0.339 e. The largest absolute Gasteiger partial charge is 0.339 e. The Labute approximate surface area is 101 Å². The Hall–Kier alpha value is -1.97. The molecule has 1 aromatic heterocycles. The van der Waals surface area contributed by atoms with Crippen molar-refractivity contribution in [2.24, 2.45) is 0 Å². The molecule has 0 aliphatic heterocycles. The van der Waals surface area contributed by atoms with E-state index in [1.165, 1.54) is 6.08 Å². The average molecular weight is 231 g/mol. The number of aromatic nitrogens is 1. The molecule has 1 radical (unpaired) electrons. The first-order valence-corrected chi connectivity index (χ1v) is 5.53. The summed E-state index contributed by atoms with van der Waals surface area (Å²) in [5.74, 6) is -0.310. The average Bonchev–Trinajstić information content (AvgIpc) is 2.38. The second-order valence-electron chi connectivity index (χ2n) is 3.39. The van der Waals surface area contributed by atoms with Gasteiger partial charge in [-0.2, -0.15) is 0 Å². The third-order valence-electron chi connectivity index (χ3n) is 2.37. The standard InChI is InChI=1S/C13H15N2O2/c1-3-15(4-2)13(17)11(10-16)9-12-7-5-6-8-14-12/h5-9H,3-4H2,1-2H3/b11-9+. The van der Waals surface area contributed by atoms with E-state index in [1.807, 2.05) is 13.8 Å². The molecular weight excluding hydrogens is 216 g/mol. The molecule has 1 aromatic rings. The van der Waals surface area contributed by atoms with Gasteiger partial charge in [0, 0.05) is 19.3 Å². The molecule has 1 heterocycles. The number of amides is 1. The summed E-state index contributed by atoms with van der Waals surface area (Å²) < 4.78 is 0. The van der Waals surface area contributed by atoms with E-state index < -0.39 is 0 Å². The van der Waals surface area contributed by atoms with Crippen molar-refractivity contribution in [2.45, 2.75) is 13.8 Å². The number of hydrogen-bond donors (Lipinski definition) is 0. The molecule has 89 valence electrons. The summed E-state index contributed by atoms with van der Waals surface area (Å²) in [6.07, 6.45) is 4.74. The van der Waals surface area contributed by atoms with E-state index in [9.17, 15) is 9.59 Å². The fraction of sp³-hybridized carbons (Fsp3) is 0.308. The molecule has 4 heteroatoms. The van der Waals surface area contributed by atoms with Crippen LogP contribution in [0.5, 0.6) is 0 Å². The van der Waals surface area contributed by atoms with Crippen molar-refractivity contribution in [3.8, 4) is 0 Å². The lowest BCUT2D eigenvalue weighted by Crippen LogP contribution is -2.32. The molecular formula is C13H15N2O2. The van der Waals surface area contributed by atoms with Gasteiger partial charge in [-0.3, -0.25) is 14.6 Å². The quantitative estimate of drug-likeness (QED) is 0.438. The highest BCUT2D eigenvalue weighted by Gasteiger charge is 2.15. The predicted octanol–water partition coefficient (Wildman–Crippen LogP) is 1.44. The molecule has 0 bridgehead atoms.